The Balaban J connectivity index is 2.95. The molecule has 0 fully saturated rings. The summed E-state index contributed by atoms with van der Waals surface area (Å²) < 4.78 is 36.1. The second-order valence-electron chi connectivity index (χ2n) is 2.95. The molecule has 0 heterocycles. The van der Waals surface area contributed by atoms with Crippen molar-refractivity contribution in [2.45, 2.75) is 6.18 Å². The molecule has 0 saturated carbocycles. The minimum atomic E-state index is -4.98. The normalized spacial score (nSPS) is 11.1. The summed E-state index contributed by atoms with van der Waals surface area (Å²) in [4.78, 5) is 21.2. The van der Waals surface area contributed by atoms with Crippen LogP contribution in [0.1, 0.15) is 10.4 Å². The number of carbonyl (C=O) groups is 2. The number of hydrogen-bond acceptors (Lipinski definition) is 2. The zero-order valence-corrected chi connectivity index (χ0v) is 10.2. The van der Waals surface area contributed by atoms with Gasteiger partial charge in [-0.05, 0) is 40.8 Å². The van der Waals surface area contributed by atoms with Gasteiger partial charge in [-0.3, -0.25) is 4.79 Å². The third kappa shape index (κ3) is 3.58. The van der Waals surface area contributed by atoms with Crippen molar-refractivity contribution in [3.8, 4) is 0 Å². The first-order valence-corrected chi connectivity index (χ1v) is 5.20. The van der Waals surface area contributed by atoms with Crippen molar-refractivity contribution in [2.75, 3.05) is 5.32 Å². The Bertz CT molecular complexity index is 473. The van der Waals surface area contributed by atoms with Crippen LogP contribution in [0.4, 0.5) is 18.9 Å². The van der Waals surface area contributed by atoms with E-state index in [9.17, 15) is 22.8 Å². The molecular formula is C9H5F3INO3. The maximum Gasteiger partial charge on any atom is 0.471 e. The zero-order valence-electron chi connectivity index (χ0n) is 8.01. The van der Waals surface area contributed by atoms with Crippen molar-refractivity contribution in [1.82, 2.24) is 0 Å². The summed E-state index contributed by atoms with van der Waals surface area (Å²) in [6.07, 6.45) is -4.98. The van der Waals surface area contributed by atoms with Gasteiger partial charge in [-0.2, -0.15) is 13.2 Å². The Morgan fingerprint density at radius 3 is 2.29 bits per heavy atom. The fraction of sp³-hybridized carbons (Fsp3) is 0.111. The topological polar surface area (TPSA) is 66.4 Å². The van der Waals surface area contributed by atoms with E-state index < -0.39 is 18.1 Å². The minimum absolute atomic E-state index is 0.0700. The number of carbonyl (C=O) groups excluding carboxylic acids is 1. The summed E-state index contributed by atoms with van der Waals surface area (Å²) in [5.74, 6) is -3.30. The number of nitrogens with one attached hydrogen (secondary N) is 1. The van der Waals surface area contributed by atoms with Gasteiger partial charge >= 0.3 is 18.1 Å². The minimum Gasteiger partial charge on any atom is -0.478 e. The average Bonchev–Trinajstić information content (AvgIpc) is 2.19. The number of aromatic carboxylic acids is 1. The van der Waals surface area contributed by atoms with E-state index in [1.807, 2.05) is 0 Å². The van der Waals surface area contributed by atoms with Crippen LogP contribution in [0, 0.1) is 3.57 Å². The molecule has 1 rings (SSSR count). The van der Waals surface area contributed by atoms with Crippen LogP contribution in [0.15, 0.2) is 18.2 Å². The van der Waals surface area contributed by atoms with Crippen molar-refractivity contribution in [1.29, 1.82) is 0 Å². The molecule has 0 atom stereocenters. The maximum absolute atomic E-state index is 12.0. The second kappa shape index (κ2) is 4.90. The number of carboxylic acids is 1. The van der Waals surface area contributed by atoms with Gasteiger partial charge in [0.1, 0.15) is 0 Å². The molecule has 2 N–H and O–H groups in total. The molecule has 92 valence electrons. The summed E-state index contributed by atoms with van der Waals surface area (Å²) in [5, 5.41) is 10.3. The molecule has 17 heavy (non-hydrogen) atoms. The predicted molar refractivity (Wildman–Crippen MR) is 60.8 cm³/mol. The summed E-state index contributed by atoms with van der Waals surface area (Å²) in [6, 6.07) is 3.38. The van der Waals surface area contributed by atoms with Crippen molar-refractivity contribution in [3.63, 3.8) is 0 Å². The average molecular weight is 359 g/mol. The highest BCUT2D eigenvalue weighted by Gasteiger charge is 2.38. The number of alkyl halides is 3. The van der Waals surface area contributed by atoms with Gasteiger partial charge < -0.3 is 10.4 Å². The highest BCUT2D eigenvalue weighted by molar-refractivity contribution is 14.1. The molecule has 0 aliphatic rings. The summed E-state index contributed by atoms with van der Waals surface area (Å²) >= 11 is 1.64. The lowest BCUT2D eigenvalue weighted by Gasteiger charge is -2.09. The first kappa shape index (κ1) is 13.7. The number of rotatable bonds is 2. The van der Waals surface area contributed by atoms with Crippen LogP contribution in [0.5, 0.6) is 0 Å². The van der Waals surface area contributed by atoms with Crippen LogP contribution >= 0.6 is 22.6 Å². The van der Waals surface area contributed by atoms with Gasteiger partial charge in [-0.1, -0.05) is 0 Å². The quantitative estimate of drug-likeness (QED) is 0.798. The first-order chi connectivity index (χ1) is 7.71. The Kier molecular flexibility index (Phi) is 3.96. The number of hydrogen-bond donors (Lipinski definition) is 2. The van der Waals surface area contributed by atoms with Crippen molar-refractivity contribution >= 4 is 40.2 Å². The van der Waals surface area contributed by atoms with E-state index in [1.54, 1.807) is 27.9 Å². The smallest absolute Gasteiger partial charge is 0.471 e. The van der Waals surface area contributed by atoms with Crippen LogP contribution in [-0.4, -0.2) is 23.2 Å². The van der Waals surface area contributed by atoms with E-state index in [4.69, 9.17) is 5.11 Å². The third-order valence-corrected chi connectivity index (χ3v) is 2.61. The third-order valence-electron chi connectivity index (χ3n) is 1.72. The van der Waals surface area contributed by atoms with Gasteiger partial charge in [0, 0.05) is 3.57 Å². The lowest BCUT2D eigenvalue weighted by Crippen LogP contribution is -2.30. The molecular weight excluding hydrogens is 354 g/mol. The van der Waals surface area contributed by atoms with Gasteiger partial charge in [0.2, 0.25) is 0 Å². The summed E-state index contributed by atoms with van der Waals surface area (Å²) in [5.41, 5.74) is -0.155. The largest absolute Gasteiger partial charge is 0.478 e. The van der Waals surface area contributed by atoms with E-state index in [-0.39, 0.29) is 14.8 Å². The lowest BCUT2D eigenvalue weighted by molar-refractivity contribution is -0.167. The molecule has 0 aliphatic heterocycles. The van der Waals surface area contributed by atoms with Crippen LogP contribution < -0.4 is 5.32 Å². The molecule has 0 radical (unpaired) electrons. The standard InChI is InChI=1S/C9H5F3INO3/c10-9(11,12)8(17)14-6-2-1-4(7(15)16)3-5(6)13/h1-3H,(H,14,17)(H,15,16). The maximum atomic E-state index is 12.0. The van der Waals surface area contributed by atoms with Crippen molar-refractivity contribution in [2.24, 2.45) is 0 Å². The Morgan fingerprint density at radius 2 is 1.88 bits per heavy atom. The lowest BCUT2D eigenvalue weighted by atomic mass is 10.2. The molecule has 0 unspecified atom stereocenters. The van der Waals surface area contributed by atoms with E-state index >= 15 is 0 Å². The zero-order chi connectivity index (χ0) is 13.2. The van der Waals surface area contributed by atoms with Crippen LogP contribution in [-0.2, 0) is 4.79 Å². The number of carboxylic acid groups (broad SMARTS) is 1. The van der Waals surface area contributed by atoms with E-state index in [0.717, 1.165) is 18.2 Å². The Labute approximate surface area is 107 Å². The van der Waals surface area contributed by atoms with E-state index in [2.05, 4.69) is 0 Å². The van der Waals surface area contributed by atoms with E-state index in [0.29, 0.717) is 0 Å². The fourth-order valence-corrected chi connectivity index (χ4v) is 1.59. The van der Waals surface area contributed by atoms with Gasteiger partial charge in [0.25, 0.3) is 0 Å². The summed E-state index contributed by atoms with van der Waals surface area (Å²) in [7, 11) is 0. The highest BCUT2D eigenvalue weighted by Crippen LogP contribution is 2.23. The van der Waals surface area contributed by atoms with Crippen LogP contribution in [0.2, 0.25) is 0 Å². The van der Waals surface area contributed by atoms with Crippen LogP contribution in [0.25, 0.3) is 0 Å². The van der Waals surface area contributed by atoms with Crippen LogP contribution in [0.3, 0.4) is 0 Å². The van der Waals surface area contributed by atoms with Gasteiger partial charge in [-0.15, -0.1) is 0 Å². The molecule has 4 nitrogen and oxygen atoms in total. The number of benzene rings is 1. The summed E-state index contributed by atoms with van der Waals surface area (Å²) in [6.45, 7) is 0. The number of anilines is 1. The molecule has 0 saturated heterocycles. The van der Waals surface area contributed by atoms with Crippen molar-refractivity contribution in [3.05, 3.63) is 27.3 Å². The SMILES string of the molecule is O=C(O)c1ccc(NC(=O)C(F)(F)F)c(I)c1. The fourth-order valence-electron chi connectivity index (χ4n) is 0.943. The van der Waals surface area contributed by atoms with Crippen molar-refractivity contribution < 1.29 is 27.9 Å². The Morgan fingerprint density at radius 1 is 1.29 bits per heavy atom. The molecule has 1 aromatic carbocycles. The monoisotopic (exact) mass is 359 g/mol. The molecule has 0 spiro atoms. The van der Waals surface area contributed by atoms with Gasteiger partial charge in [0.05, 0.1) is 11.3 Å². The molecule has 1 amide bonds. The van der Waals surface area contributed by atoms with Gasteiger partial charge in [0.15, 0.2) is 0 Å². The molecule has 1 aromatic rings. The van der Waals surface area contributed by atoms with Gasteiger partial charge in [-0.25, -0.2) is 4.79 Å². The molecule has 0 aliphatic carbocycles. The Hall–Kier alpha value is -1.32. The molecule has 8 heteroatoms. The number of amides is 1. The highest BCUT2D eigenvalue weighted by atomic mass is 127. The van der Waals surface area contributed by atoms with E-state index in [1.165, 1.54) is 0 Å². The molecule has 0 bridgehead atoms. The molecule has 0 aromatic heterocycles. The second-order valence-corrected chi connectivity index (χ2v) is 4.11. The first-order valence-electron chi connectivity index (χ1n) is 4.13. The predicted octanol–water partition coefficient (Wildman–Crippen LogP) is 2.49. The number of halogens is 4.